The van der Waals surface area contributed by atoms with Gasteiger partial charge >= 0.3 is 6.03 Å². The van der Waals surface area contributed by atoms with E-state index in [1.807, 2.05) is 37.8 Å². The van der Waals surface area contributed by atoms with E-state index in [2.05, 4.69) is 23.5 Å². The molecular weight excluding hydrogens is 314 g/mol. The number of benzene rings is 1. The number of nitrogens with zero attached hydrogens (tertiary/aromatic N) is 2. The number of rotatable bonds is 6. The van der Waals surface area contributed by atoms with E-state index in [4.69, 9.17) is 10.00 Å². The smallest absolute Gasteiger partial charge is 0.317 e. The Kier molecular flexibility index (Phi) is 7.12. The van der Waals surface area contributed by atoms with E-state index in [9.17, 15) is 4.79 Å². The molecule has 136 valence electrons. The zero-order valence-corrected chi connectivity index (χ0v) is 15.5. The molecule has 1 aromatic carbocycles. The van der Waals surface area contributed by atoms with E-state index in [0.29, 0.717) is 13.1 Å². The molecule has 1 fully saturated rings. The Labute approximate surface area is 151 Å². The number of carbonyl (C=O) groups is 1. The Morgan fingerprint density at radius 1 is 1.28 bits per heavy atom. The summed E-state index contributed by atoms with van der Waals surface area (Å²) in [7, 11) is 0. The van der Waals surface area contributed by atoms with E-state index in [1.165, 1.54) is 5.56 Å². The fraction of sp³-hybridized carbons (Fsp3) is 0.600. The number of hydrogen-bond donors (Lipinski definition) is 1. The van der Waals surface area contributed by atoms with Gasteiger partial charge in [-0.15, -0.1) is 0 Å². The van der Waals surface area contributed by atoms with Gasteiger partial charge in [-0.2, -0.15) is 5.26 Å². The van der Waals surface area contributed by atoms with Gasteiger partial charge in [0, 0.05) is 25.0 Å². The average Bonchev–Trinajstić information content (AvgIpc) is 2.60. The lowest BCUT2D eigenvalue weighted by Gasteiger charge is -2.30. The van der Waals surface area contributed by atoms with Gasteiger partial charge in [-0.3, -0.25) is 0 Å². The predicted octanol–water partition coefficient (Wildman–Crippen LogP) is 3.74. The fourth-order valence-corrected chi connectivity index (χ4v) is 2.98. The molecule has 1 N–H and O–H groups in total. The maximum absolute atomic E-state index is 12.3. The van der Waals surface area contributed by atoms with Crippen molar-refractivity contribution in [1.29, 1.82) is 5.26 Å². The standard InChI is InChI=1S/C20H29N3O2/c1-15(2)25-19-8-6-17(7-9-19)5-4-16(3)22-20(24)23-12-10-18(14-21)11-13-23/h6-9,15-16,18H,4-5,10-13H2,1-3H3,(H,22,24)/t16-/m1/s1. The normalized spacial score (nSPS) is 16.4. The van der Waals surface area contributed by atoms with Crippen LogP contribution < -0.4 is 10.1 Å². The predicted molar refractivity (Wildman–Crippen MR) is 98.4 cm³/mol. The molecule has 0 unspecified atom stereocenters. The maximum atomic E-state index is 12.3. The van der Waals surface area contributed by atoms with Gasteiger partial charge in [-0.05, 0) is 64.2 Å². The van der Waals surface area contributed by atoms with Crippen LogP contribution in [0.2, 0.25) is 0 Å². The van der Waals surface area contributed by atoms with E-state index in [0.717, 1.165) is 31.4 Å². The summed E-state index contributed by atoms with van der Waals surface area (Å²) in [5.41, 5.74) is 1.24. The van der Waals surface area contributed by atoms with Crippen molar-refractivity contribution in [3.05, 3.63) is 29.8 Å². The highest BCUT2D eigenvalue weighted by Crippen LogP contribution is 2.17. The first-order valence-electron chi connectivity index (χ1n) is 9.18. The van der Waals surface area contributed by atoms with Crippen molar-refractivity contribution >= 4 is 6.03 Å². The Morgan fingerprint density at radius 2 is 1.92 bits per heavy atom. The van der Waals surface area contributed by atoms with Crippen LogP contribution in [0.15, 0.2) is 24.3 Å². The number of nitrogens with one attached hydrogen (secondary N) is 1. The molecule has 2 rings (SSSR count). The zero-order chi connectivity index (χ0) is 18.2. The van der Waals surface area contributed by atoms with E-state index in [-0.39, 0.29) is 24.1 Å². The molecule has 1 aliphatic heterocycles. The Balaban J connectivity index is 1.72. The highest BCUT2D eigenvalue weighted by molar-refractivity contribution is 5.74. The van der Waals surface area contributed by atoms with Crippen LogP contribution in [0, 0.1) is 17.2 Å². The van der Waals surface area contributed by atoms with Crippen LogP contribution in [0.1, 0.15) is 45.6 Å². The quantitative estimate of drug-likeness (QED) is 0.855. The number of ether oxygens (including phenoxy) is 1. The molecule has 25 heavy (non-hydrogen) atoms. The van der Waals surface area contributed by atoms with Crippen molar-refractivity contribution in [1.82, 2.24) is 10.2 Å². The van der Waals surface area contributed by atoms with E-state index in [1.54, 1.807) is 0 Å². The summed E-state index contributed by atoms with van der Waals surface area (Å²) in [4.78, 5) is 14.1. The summed E-state index contributed by atoms with van der Waals surface area (Å²) < 4.78 is 5.65. The Morgan fingerprint density at radius 3 is 2.48 bits per heavy atom. The van der Waals surface area contributed by atoms with E-state index >= 15 is 0 Å². The van der Waals surface area contributed by atoms with Crippen LogP contribution in [0.3, 0.4) is 0 Å². The molecule has 1 aliphatic rings. The monoisotopic (exact) mass is 343 g/mol. The van der Waals surface area contributed by atoms with Crippen molar-refractivity contribution in [2.24, 2.45) is 5.92 Å². The van der Waals surface area contributed by atoms with Gasteiger partial charge in [0.15, 0.2) is 0 Å². The fourth-order valence-electron chi connectivity index (χ4n) is 2.98. The summed E-state index contributed by atoms with van der Waals surface area (Å²) >= 11 is 0. The summed E-state index contributed by atoms with van der Waals surface area (Å²) in [6.45, 7) is 7.42. The largest absolute Gasteiger partial charge is 0.491 e. The molecule has 0 aromatic heterocycles. The van der Waals surface area contributed by atoms with E-state index < -0.39 is 0 Å². The third kappa shape index (κ3) is 6.30. The van der Waals surface area contributed by atoms with Gasteiger partial charge in [0.2, 0.25) is 0 Å². The molecule has 0 spiro atoms. The third-order valence-corrected chi connectivity index (χ3v) is 4.50. The molecule has 0 radical (unpaired) electrons. The van der Waals surface area contributed by atoms with Gasteiger partial charge in [0.25, 0.3) is 0 Å². The third-order valence-electron chi connectivity index (χ3n) is 4.50. The second-order valence-corrected chi connectivity index (χ2v) is 7.09. The van der Waals surface area contributed by atoms with Crippen LogP contribution in [-0.4, -0.2) is 36.2 Å². The van der Waals surface area contributed by atoms with Gasteiger partial charge < -0.3 is 15.0 Å². The van der Waals surface area contributed by atoms with Crippen LogP contribution in [0.5, 0.6) is 5.75 Å². The minimum absolute atomic E-state index is 0.00966. The maximum Gasteiger partial charge on any atom is 0.317 e. The zero-order valence-electron chi connectivity index (χ0n) is 15.5. The molecule has 0 saturated carbocycles. The van der Waals surface area contributed by atoms with Crippen molar-refractivity contribution < 1.29 is 9.53 Å². The van der Waals surface area contributed by atoms with Crippen molar-refractivity contribution in [2.45, 2.75) is 58.6 Å². The second kappa shape index (κ2) is 9.31. The first kappa shape index (κ1) is 19.1. The molecule has 1 atom stereocenters. The first-order valence-corrected chi connectivity index (χ1v) is 9.18. The average molecular weight is 343 g/mol. The first-order chi connectivity index (χ1) is 12.0. The van der Waals surface area contributed by atoms with Crippen LogP contribution in [0.25, 0.3) is 0 Å². The van der Waals surface area contributed by atoms with Crippen LogP contribution >= 0.6 is 0 Å². The molecule has 1 heterocycles. The lowest BCUT2D eigenvalue weighted by Crippen LogP contribution is -2.47. The Bertz CT molecular complexity index is 584. The van der Waals surface area contributed by atoms with Crippen molar-refractivity contribution in [3.63, 3.8) is 0 Å². The number of nitriles is 1. The molecule has 1 saturated heterocycles. The number of aryl methyl sites for hydroxylation is 1. The number of carbonyl (C=O) groups excluding carboxylic acids is 1. The van der Waals surface area contributed by atoms with Gasteiger partial charge in [0.05, 0.1) is 12.2 Å². The number of likely N-dealkylation sites (tertiary alicyclic amines) is 1. The van der Waals surface area contributed by atoms with Crippen molar-refractivity contribution in [3.8, 4) is 11.8 Å². The van der Waals surface area contributed by atoms with Gasteiger partial charge in [-0.1, -0.05) is 12.1 Å². The number of urea groups is 1. The lowest BCUT2D eigenvalue weighted by atomic mass is 9.99. The minimum atomic E-state index is -0.00966. The summed E-state index contributed by atoms with van der Waals surface area (Å²) in [5.74, 6) is 0.991. The topological polar surface area (TPSA) is 65.4 Å². The molecule has 0 aliphatic carbocycles. The molecule has 5 nitrogen and oxygen atoms in total. The minimum Gasteiger partial charge on any atom is -0.491 e. The lowest BCUT2D eigenvalue weighted by molar-refractivity contribution is 0.175. The van der Waals surface area contributed by atoms with Crippen molar-refractivity contribution in [2.75, 3.05) is 13.1 Å². The van der Waals surface area contributed by atoms with Gasteiger partial charge in [0.1, 0.15) is 5.75 Å². The SMILES string of the molecule is CC(C)Oc1ccc(CC[C@@H](C)NC(=O)N2CCC(C#N)CC2)cc1. The van der Waals surface area contributed by atoms with Crippen LogP contribution in [0.4, 0.5) is 4.79 Å². The Hall–Kier alpha value is -2.22. The van der Waals surface area contributed by atoms with Gasteiger partial charge in [-0.25, -0.2) is 4.79 Å². The van der Waals surface area contributed by atoms with Crippen LogP contribution in [-0.2, 0) is 6.42 Å². The number of amides is 2. The summed E-state index contributed by atoms with van der Waals surface area (Å²) in [5, 5.41) is 12.0. The number of piperidine rings is 1. The summed E-state index contributed by atoms with van der Waals surface area (Å²) in [6.07, 6.45) is 3.55. The molecule has 5 heteroatoms. The highest BCUT2D eigenvalue weighted by atomic mass is 16.5. The molecular formula is C20H29N3O2. The number of hydrogen-bond acceptors (Lipinski definition) is 3. The molecule has 1 aromatic rings. The molecule has 2 amide bonds. The summed E-state index contributed by atoms with van der Waals surface area (Å²) in [6, 6.07) is 10.6. The second-order valence-electron chi connectivity index (χ2n) is 7.09. The molecule has 0 bridgehead atoms. The highest BCUT2D eigenvalue weighted by Gasteiger charge is 2.23.